The Morgan fingerprint density at radius 1 is 1.11 bits per heavy atom. The Bertz CT molecular complexity index is 551. The molecule has 5 atom stereocenters. The summed E-state index contributed by atoms with van der Waals surface area (Å²) in [5.74, 6) is -0.849. The molecule has 0 radical (unpaired) electrons. The van der Waals surface area contributed by atoms with Crippen molar-refractivity contribution in [1.29, 1.82) is 0 Å². The van der Waals surface area contributed by atoms with E-state index in [1.807, 2.05) is 12.2 Å². The number of carboxylic acids is 1. The first-order chi connectivity index (χ1) is 13.4. The van der Waals surface area contributed by atoms with Gasteiger partial charge in [0, 0.05) is 12.8 Å². The molecule has 0 bridgehead atoms. The lowest BCUT2D eigenvalue weighted by molar-refractivity contribution is -0.136. The van der Waals surface area contributed by atoms with Crippen molar-refractivity contribution in [1.82, 2.24) is 0 Å². The minimum Gasteiger partial charge on any atom is -0.481 e. The number of aliphatic carboxylic acids is 1. The van der Waals surface area contributed by atoms with E-state index in [0.29, 0.717) is 25.7 Å². The number of aliphatic hydroxyl groups is 3. The topological polar surface area (TPSA) is 107 Å². The second-order valence-electron chi connectivity index (χ2n) is 6.92. The summed E-state index contributed by atoms with van der Waals surface area (Å²) in [6, 6.07) is 0. The van der Waals surface area contributed by atoms with Crippen LogP contribution in [0.15, 0.2) is 48.6 Å². The molecule has 6 nitrogen and oxygen atoms in total. The van der Waals surface area contributed by atoms with Crippen molar-refractivity contribution in [3.8, 4) is 0 Å². The van der Waals surface area contributed by atoms with Crippen LogP contribution in [0.5, 0.6) is 0 Å². The van der Waals surface area contributed by atoms with Crippen LogP contribution in [-0.4, -0.2) is 56.9 Å². The SMILES string of the molecule is CC/C=C\C/C=C\C[C@@H](O)[C@@H]1C[C@H](O)[C@@H](/C=C/[C@H](O)C/C=C\CCC(=O)O)O1. The van der Waals surface area contributed by atoms with Gasteiger partial charge in [0.05, 0.1) is 24.4 Å². The van der Waals surface area contributed by atoms with Crippen LogP contribution in [0.3, 0.4) is 0 Å². The Morgan fingerprint density at radius 3 is 2.54 bits per heavy atom. The zero-order chi connectivity index (χ0) is 20.8. The van der Waals surface area contributed by atoms with E-state index in [1.165, 1.54) is 0 Å². The third kappa shape index (κ3) is 10.6. The van der Waals surface area contributed by atoms with Gasteiger partial charge in [0.1, 0.15) is 6.10 Å². The summed E-state index contributed by atoms with van der Waals surface area (Å²) < 4.78 is 5.72. The zero-order valence-electron chi connectivity index (χ0n) is 16.6. The number of rotatable bonds is 13. The van der Waals surface area contributed by atoms with Crippen LogP contribution < -0.4 is 0 Å². The molecule has 0 aromatic rings. The summed E-state index contributed by atoms with van der Waals surface area (Å²) >= 11 is 0. The average molecular weight is 395 g/mol. The highest BCUT2D eigenvalue weighted by Crippen LogP contribution is 2.25. The lowest BCUT2D eigenvalue weighted by Crippen LogP contribution is -2.25. The highest BCUT2D eigenvalue weighted by atomic mass is 16.5. The molecule has 1 aliphatic rings. The Hall–Kier alpha value is -1.73. The van der Waals surface area contributed by atoms with E-state index >= 15 is 0 Å². The van der Waals surface area contributed by atoms with E-state index in [2.05, 4.69) is 19.1 Å². The van der Waals surface area contributed by atoms with Crippen molar-refractivity contribution >= 4 is 5.97 Å². The molecule has 0 amide bonds. The molecule has 28 heavy (non-hydrogen) atoms. The van der Waals surface area contributed by atoms with Crippen LogP contribution in [0.25, 0.3) is 0 Å². The zero-order valence-corrected chi connectivity index (χ0v) is 16.6. The van der Waals surface area contributed by atoms with Crippen molar-refractivity contribution in [2.45, 2.75) is 82.4 Å². The average Bonchev–Trinajstić information content (AvgIpc) is 3.03. The molecule has 1 heterocycles. The van der Waals surface area contributed by atoms with Crippen LogP contribution in [-0.2, 0) is 9.53 Å². The summed E-state index contributed by atoms with van der Waals surface area (Å²) in [6.07, 6.45) is 15.1. The number of aliphatic hydroxyl groups excluding tert-OH is 3. The second kappa shape index (κ2) is 14.3. The van der Waals surface area contributed by atoms with E-state index in [0.717, 1.165) is 12.8 Å². The Labute approximate surface area is 167 Å². The van der Waals surface area contributed by atoms with Gasteiger partial charge in [-0.2, -0.15) is 0 Å². The molecule has 4 N–H and O–H groups in total. The van der Waals surface area contributed by atoms with Gasteiger partial charge in [-0.25, -0.2) is 0 Å². The number of carboxylic acid groups (broad SMARTS) is 1. The standard InChI is InChI=1S/C22H34O6/c1-2-3-4-5-6-9-12-18(24)21-16-19(25)20(28-21)15-14-17(23)11-8-7-10-13-22(26)27/h3-4,6-9,14-15,17-21,23-25H,2,5,10-13,16H2,1H3,(H,26,27)/b4-3-,8-7-,9-6-,15-14+/t17-,18-,19+,20-,21+/m1/s1. The van der Waals surface area contributed by atoms with Crippen molar-refractivity contribution < 1.29 is 30.0 Å². The van der Waals surface area contributed by atoms with Gasteiger partial charge in [0.2, 0.25) is 0 Å². The second-order valence-corrected chi connectivity index (χ2v) is 6.92. The first kappa shape index (κ1) is 24.3. The van der Waals surface area contributed by atoms with Gasteiger partial charge in [-0.05, 0) is 32.1 Å². The largest absolute Gasteiger partial charge is 0.481 e. The summed E-state index contributed by atoms with van der Waals surface area (Å²) in [5, 5.41) is 38.8. The lowest BCUT2D eigenvalue weighted by Gasteiger charge is -2.16. The quantitative estimate of drug-likeness (QED) is 0.358. The lowest BCUT2D eigenvalue weighted by atomic mass is 10.0. The first-order valence-corrected chi connectivity index (χ1v) is 9.98. The highest BCUT2D eigenvalue weighted by Gasteiger charge is 2.35. The van der Waals surface area contributed by atoms with Gasteiger partial charge in [0.15, 0.2) is 0 Å². The number of hydrogen-bond acceptors (Lipinski definition) is 5. The normalized spacial score (nSPS) is 25.5. The summed E-state index contributed by atoms with van der Waals surface area (Å²) in [5.41, 5.74) is 0. The van der Waals surface area contributed by atoms with Crippen LogP contribution in [0.2, 0.25) is 0 Å². The number of allylic oxidation sites excluding steroid dienone is 4. The molecular formula is C22H34O6. The van der Waals surface area contributed by atoms with Gasteiger partial charge in [0.25, 0.3) is 0 Å². The molecule has 158 valence electrons. The Kier molecular flexibility index (Phi) is 12.4. The molecule has 0 aromatic heterocycles. The molecule has 1 saturated heterocycles. The van der Waals surface area contributed by atoms with E-state index in [-0.39, 0.29) is 6.42 Å². The van der Waals surface area contributed by atoms with E-state index in [1.54, 1.807) is 24.3 Å². The van der Waals surface area contributed by atoms with Crippen LogP contribution in [0, 0.1) is 0 Å². The molecule has 0 saturated carbocycles. The van der Waals surface area contributed by atoms with Crippen LogP contribution in [0.1, 0.15) is 51.9 Å². The van der Waals surface area contributed by atoms with Gasteiger partial charge >= 0.3 is 5.97 Å². The monoisotopic (exact) mass is 394 g/mol. The summed E-state index contributed by atoms with van der Waals surface area (Å²) in [4.78, 5) is 10.4. The highest BCUT2D eigenvalue weighted by molar-refractivity contribution is 5.66. The van der Waals surface area contributed by atoms with E-state index in [9.17, 15) is 20.1 Å². The van der Waals surface area contributed by atoms with Gasteiger partial charge in [-0.3, -0.25) is 4.79 Å². The van der Waals surface area contributed by atoms with Gasteiger partial charge < -0.3 is 25.2 Å². The third-order valence-corrected chi connectivity index (χ3v) is 4.42. The predicted octanol–water partition coefficient (Wildman–Crippen LogP) is 2.90. The van der Waals surface area contributed by atoms with Gasteiger partial charge in [-0.1, -0.05) is 55.5 Å². The summed E-state index contributed by atoms with van der Waals surface area (Å²) in [6.45, 7) is 2.08. The smallest absolute Gasteiger partial charge is 0.303 e. The van der Waals surface area contributed by atoms with Crippen LogP contribution >= 0.6 is 0 Å². The fourth-order valence-corrected chi connectivity index (χ4v) is 2.84. The molecule has 0 aliphatic carbocycles. The van der Waals surface area contributed by atoms with Crippen molar-refractivity contribution in [3.63, 3.8) is 0 Å². The number of hydrogen-bond donors (Lipinski definition) is 4. The minimum atomic E-state index is -0.849. The number of carbonyl (C=O) groups is 1. The maximum Gasteiger partial charge on any atom is 0.303 e. The molecule has 6 heteroatoms. The molecule has 1 aliphatic heterocycles. The Balaban J connectivity index is 2.34. The third-order valence-electron chi connectivity index (χ3n) is 4.42. The fourth-order valence-electron chi connectivity index (χ4n) is 2.84. The molecule has 0 aromatic carbocycles. The van der Waals surface area contributed by atoms with Crippen LogP contribution in [0.4, 0.5) is 0 Å². The molecular weight excluding hydrogens is 360 g/mol. The fraction of sp³-hybridized carbons (Fsp3) is 0.591. The molecule has 1 fully saturated rings. The van der Waals surface area contributed by atoms with Gasteiger partial charge in [-0.15, -0.1) is 0 Å². The minimum absolute atomic E-state index is 0.0683. The molecule has 1 rings (SSSR count). The molecule has 0 unspecified atom stereocenters. The van der Waals surface area contributed by atoms with Crippen molar-refractivity contribution in [3.05, 3.63) is 48.6 Å². The Morgan fingerprint density at radius 2 is 1.82 bits per heavy atom. The van der Waals surface area contributed by atoms with Crippen molar-refractivity contribution in [2.75, 3.05) is 0 Å². The van der Waals surface area contributed by atoms with E-state index < -0.39 is 36.5 Å². The maximum atomic E-state index is 10.4. The molecule has 0 spiro atoms. The maximum absolute atomic E-state index is 10.4. The number of ether oxygens (including phenoxy) is 1. The first-order valence-electron chi connectivity index (χ1n) is 9.98. The predicted molar refractivity (Wildman–Crippen MR) is 109 cm³/mol. The summed E-state index contributed by atoms with van der Waals surface area (Å²) in [7, 11) is 0. The van der Waals surface area contributed by atoms with E-state index in [4.69, 9.17) is 9.84 Å². The van der Waals surface area contributed by atoms with Crippen molar-refractivity contribution in [2.24, 2.45) is 0 Å².